The minimum atomic E-state index is -1.48. The minimum Gasteiger partial charge on any atom is -0.399 e. The summed E-state index contributed by atoms with van der Waals surface area (Å²) < 4.78 is 29.5. The third kappa shape index (κ3) is 6.36. The van der Waals surface area contributed by atoms with Gasteiger partial charge in [0.1, 0.15) is 19.2 Å². The van der Waals surface area contributed by atoms with E-state index in [0.29, 0.717) is 18.8 Å². The van der Waals surface area contributed by atoms with Gasteiger partial charge in [-0.15, -0.1) is 0 Å². The van der Waals surface area contributed by atoms with Crippen LogP contribution < -0.4 is 17.1 Å². The minimum absolute atomic E-state index is 0.00256. The first-order valence-corrected chi connectivity index (χ1v) is 11.8. The van der Waals surface area contributed by atoms with Crippen LogP contribution in [0.3, 0.4) is 0 Å². The van der Waals surface area contributed by atoms with E-state index < -0.39 is 19.8 Å². The summed E-state index contributed by atoms with van der Waals surface area (Å²) in [5, 5.41) is 0. The Morgan fingerprint density at radius 3 is 2.88 bits per heavy atom. The van der Waals surface area contributed by atoms with Gasteiger partial charge in [0, 0.05) is 11.0 Å². The number of imidazole rings is 1. The van der Waals surface area contributed by atoms with E-state index >= 15 is 0 Å². The van der Waals surface area contributed by atoms with E-state index in [0.717, 1.165) is 10.0 Å². The molecule has 0 aliphatic heterocycles. The lowest BCUT2D eigenvalue weighted by Crippen LogP contribution is -2.13. The number of anilines is 1. The van der Waals surface area contributed by atoms with Gasteiger partial charge in [-0.3, -0.25) is 9.78 Å². The fourth-order valence-electron chi connectivity index (χ4n) is 2.79. The number of H-pyrrole nitrogens is 1. The average Bonchev–Trinajstić information content (AvgIpc) is 3.38. The molecule has 12 nitrogen and oxygen atoms in total. The van der Waals surface area contributed by atoms with Crippen LogP contribution in [0, 0.1) is 0 Å². The Morgan fingerprint density at radius 2 is 2.09 bits per heavy atom. The number of nitrogens with one attached hydrogen (secondary N) is 1. The second-order valence-corrected chi connectivity index (χ2v) is 9.02. The maximum Gasteiger partial charge on any atom is 0.518 e. The molecule has 3 aromatic heterocycles. The molecule has 4 aromatic rings. The number of fused-ring (bicyclic) bond motifs is 1. The van der Waals surface area contributed by atoms with Gasteiger partial charge in [0.15, 0.2) is 25.3 Å². The number of nitrogen functional groups attached to an aromatic ring is 1. The van der Waals surface area contributed by atoms with E-state index in [1.807, 2.05) is 24.3 Å². The smallest absolute Gasteiger partial charge is 0.399 e. The van der Waals surface area contributed by atoms with Crippen LogP contribution in [0.1, 0.15) is 11.3 Å². The van der Waals surface area contributed by atoms with E-state index in [9.17, 15) is 9.59 Å². The summed E-state index contributed by atoms with van der Waals surface area (Å²) in [6.07, 6.45) is 2.85. The van der Waals surface area contributed by atoms with Gasteiger partial charge in [0.25, 0.3) is 5.56 Å². The summed E-state index contributed by atoms with van der Waals surface area (Å²) in [6, 6.07) is 7.69. The molecule has 3 heterocycles. The zero-order valence-electron chi connectivity index (χ0n) is 17.1. The molecule has 33 heavy (non-hydrogen) atoms. The Bertz CT molecular complexity index is 1330. The van der Waals surface area contributed by atoms with Crippen LogP contribution in [0.4, 0.5) is 5.95 Å². The molecule has 1 aromatic carbocycles. The fourth-order valence-corrected chi connectivity index (χ4v) is 4.30. The van der Waals surface area contributed by atoms with Crippen molar-refractivity contribution < 1.29 is 22.6 Å². The Kier molecular flexibility index (Phi) is 7.68. The number of halogens is 1. The van der Waals surface area contributed by atoms with Gasteiger partial charge >= 0.3 is 5.82 Å². The Labute approximate surface area is 195 Å². The third-order valence-electron chi connectivity index (χ3n) is 4.28. The van der Waals surface area contributed by atoms with Gasteiger partial charge in [0.2, 0.25) is 5.95 Å². The van der Waals surface area contributed by atoms with Gasteiger partial charge in [-0.1, -0.05) is 28.1 Å². The average molecular weight is 540 g/mol. The number of nitrogens with two attached hydrogens (primary N) is 1. The monoisotopic (exact) mass is 539 g/mol. The Morgan fingerprint density at radius 1 is 1.24 bits per heavy atom. The lowest BCUT2D eigenvalue weighted by molar-refractivity contribution is 0.136. The van der Waals surface area contributed by atoms with Gasteiger partial charge in [-0.25, -0.2) is 9.78 Å². The summed E-state index contributed by atoms with van der Waals surface area (Å²) in [4.78, 5) is 33.5. The zero-order chi connectivity index (χ0) is 23.2. The van der Waals surface area contributed by atoms with Gasteiger partial charge in [-0.05, 0) is 17.7 Å². The highest BCUT2D eigenvalue weighted by atomic mass is 79.9. The quantitative estimate of drug-likeness (QED) is 0.214. The molecule has 0 amide bonds. The molecule has 0 aliphatic rings. The van der Waals surface area contributed by atoms with Crippen molar-refractivity contribution in [2.45, 2.75) is 19.8 Å². The Balaban J connectivity index is 1.34. The topological polar surface area (TPSA) is 161 Å². The predicted molar refractivity (Wildman–Crippen MR) is 121 cm³/mol. The standard InChI is InChI=1S/C19H19BrN5O7P/c20-13-3-1-2-12(6-13)7-30-33(31-9-14-8-29-19(27)32-14)11-28-5-4-25-10-22-15-16(25)23-18(21)24-17(15)26/h1-3,6,8,10H,4-5,7,9,11H2,(H3,21,23,24,26). The molecular formula is C19H19BrN5O7P. The molecule has 3 N–H and O–H groups in total. The molecule has 0 radical (unpaired) electrons. The molecule has 0 saturated heterocycles. The SMILES string of the molecule is Nc1nc2c(ncn2CCOCP(OCc2cccc(Br)c2)OCc2coc(=O)o2)c(=O)[nH]1. The number of benzene rings is 1. The molecule has 14 heteroatoms. The summed E-state index contributed by atoms with van der Waals surface area (Å²) in [6.45, 7) is 0.972. The Hall–Kier alpha value is -2.83. The van der Waals surface area contributed by atoms with Gasteiger partial charge in [0.05, 0.1) is 19.5 Å². The van der Waals surface area contributed by atoms with Crippen molar-refractivity contribution in [3.05, 3.63) is 73.6 Å². The number of hydrogen-bond acceptors (Lipinski definition) is 10. The number of aromatic amines is 1. The number of ether oxygens (including phenoxy) is 1. The summed E-state index contributed by atoms with van der Waals surface area (Å²) >= 11 is 3.43. The lowest BCUT2D eigenvalue weighted by atomic mass is 10.2. The van der Waals surface area contributed by atoms with Crippen LogP contribution in [0.15, 0.2) is 59.8 Å². The molecule has 1 atom stereocenters. The lowest BCUT2D eigenvalue weighted by Gasteiger charge is -2.17. The molecule has 4 rings (SSSR count). The first kappa shape index (κ1) is 23.3. The maximum absolute atomic E-state index is 11.9. The molecule has 0 spiro atoms. The highest BCUT2D eigenvalue weighted by molar-refractivity contribution is 9.10. The van der Waals surface area contributed by atoms with Crippen molar-refractivity contribution in [1.82, 2.24) is 19.5 Å². The van der Waals surface area contributed by atoms with E-state index in [4.69, 9.17) is 23.9 Å². The second-order valence-electron chi connectivity index (χ2n) is 6.66. The number of hydrogen-bond donors (Lipinski definition) is 2. The second kappa shape index (κ2) is 10.9. The molecule has 0 fully saturated rings. The van der Waals surface area contributed by atoms with E-state index in [2.05, 4.69) is 35.3 Å². The fraction of sp³-hybridized carbons (Fsp3) is 0.263. The van der Waals surface area contributed by atoms with Crippen LogP contribution in [0.5, 0.6) is 0 Å². The highest BCUT2D eigenvalue weighted by Crippen LogP contribution is 2.40. The van der Waals surface area contributed by atoms with Crippen LogP contribution in [0.25, 0.3) is 11.2 Å². The van der Waals surface area contributed by atoms with E-state index in [-0.39, 0.29) is 36.8 Å². The largest absolute Gasteiger partial charge is 0.518 e. The van der Waals surface area contributed by atoms with Crippen molar-refractivity contribution in [3.63, 3.8) is 0 Å². The molecule has 174 valence electrons. The van der Waals surface area contributed by atoms with Gasteiger partial charge < -0.3 is 32.9 Å². The molecule has 0 saturated carbocycles. The van der Waals surface area contributed by atoms with Crippen molar-refractivity contribution in [2.75, 3.05) is 18.7 Å². The van der Waals surface area contributed by atoms with Gasteiger partial charge in [-0.2, -0.15) is 4.98 Å². The predicted octanol–water partition coefficient (Wildman–Crippen LogP) is 2.73. The van der Waals surface area contributed by atoms with Crippen molar-refractivity contribution in [3.8, 4) is 0 Å². The highest BCUT2D eigenvalue weighted by Gasteiger charge is 2.15. The first-order valence-electron chi connectivity index (χ1n) is 9.61. The molecule has 0 bridgehead atoms. The van der Waals surface area contributed by atoms with Crippen molar-refractivity contribution in [2.24, 2.45) is 0 Å². The van der Waals surface area contributed by atoms with Crippen molar-refractivity contribution >= 4 is 41.4 Å². The number of rotatable bonds is 11. The van der Waals surface area contributed by atoms with Crippen LogP contribution in [-0.2, 0) is 33.5 Å². The number of nitrogens with zero attached hydrogens (tertiary/aromatic N) is 3. The molecule has 1 unspecified atom stereocenters. The first-order chi connectivity index (χ1) is 16.0. The normalized spacial score (nSPS) is 12.4. The summed E-state index contributed by atoms with van der Waals surface area (Å²) in [7, 11) is -1.48. The zero-order valence-corrected chi connectivity index (χ0v) is 19.6. The molecular weight excluding hydrogens is 521 g/mol. The maximum atomic E-state index is 11.9. The van der Waals surface area contributed by atoms with E-state index in [1.54, 1.807) is 4.57 Å². The van der Waals surface area contributed by atoms with Crippen LogP contribution in [-0.4, -0.2) is 32.5 Å². The van der Waals surface area contributed by atoms with Crippen molar-refractivity contribution in [1.29, 1.82) is 0 Å². The number of aromatic nitrogens is 4. The summed E-state index contributed by atoms with van der Waals surface area (Å²) in [5.41, 5.74) is 6.74. The summed E-state index contributed by atoms with van der Waals surface area (Å²) in [5.74, 6) is -0.541. The van der Waals surface area contributed by atoms with Crippen LogP contribution >= 0.6 is 24.3 Å². The van der Waals surface area contributed by atoms with Crippen LogP contribution in [0.2, 0.25) is 0 Å². The third-order valence-corrected chi connectivity index (χ3v) is 6.00. The van der Waals surface area contributed by atoms with E-state index in [1.165, 1.54) is 12.6 Å². The molecule has 0 aliphatic carbocycles.